The second-order valence-corrected chi connectivity index (χ2v) is 6.80. The Bertz CT molecular complexity index is 907. The van der Waals surface area contributed by atoms with Gasteiger partial charge in [0.15, 0.2) is 12.4 Å². The van der Waals surface area contributed by atoms with Crippen molar-refractivity contribution in [3.8, 4) is 0 Å². The third kappa shape index (κ3) is 4.71. The van der Waals surface area contributed by atoms with Gasteiger partial charge in [0.05, 0.1) is 10.5 Å². The molecule has 0 saturated carbocycles. The molecule has 25 heavy (non-hydrogen) atoms. The van der Waals surface area contributed by atoms with E-state index in [-0.39, 0.29) is 0 Å². The number of rotatable bonds is 6. The van der Waals surface area contributed by atoms with Crippen LogP contribution >= 0.6 is 0 Å². The van der Waals surface area contributed by atoms with Crippen molar-refractivity contribution in [1.29, 1.82) is 0 Å². The Hall–Kier alpha value is -2.58. The Kier molecular flexibility index (Phi) is 5.66. The molecule has 0 aliphatic carbocycles. The summed E-state index contributed by atoms with van der Waals surface area (Å²) in [7, 11) is -4.10. The number of carbonyl (C=O) groups excluding carboxylic acids is 2. The Labute approximate surface area is 144 Å². The summed E-state index contributed by atoms with van der Waals surface area (Å²) in [5.74, 6) is -2.59. The number of sulfonamides is 1. The van der Waals surface area contributed by atoms with Crippen molar-refractivity contribution >= 4 is 21.8 Å². The van der Waals surface area contributed by atoms with Gasteiger partial charge in [0.2, 0.25) is 10.0 Å². The maximum absolute atomic E-state index is 13.7. The van der Waals surface area contributed by atoms with Crippen LogP contribution in [0.15, 0.2) is 47.4 Å². The maximum Gasteiger partial charge on any atom is 0.341 e. The average molecular weight is 365 g/mol. The summed E-state index contributed by atoms with van der Waals surface area (Å²) in [6.45, 7) is 1.38. The standard InChI is InChI=1S/C17H16FNO5S/c1-2-11-3-5-12(6-4-11)16(20)10-24-17(21)14-9-13(25(19,22)23)7-8-15(14)18/h3-9H,2,10H2,1H3,(H2,19,22,23). The molecule has 0 saturated heterocycles. The van der Waals surface area contributed by atoms with Crippen LogP contribution in [-0.4, -0.2) is 26.8 Å². The van der Waals surface area contributed by atoms with Crippen molar-refractivity contribution in [2.45, 2.75) is 18.2 Å². The molecule has 0 aliphatic rings. The fourth-order valence-electron chi connectivity index (χ4n) is 2.06. The van der Waals surface area contributed by atoms with Crippen LogP contribution in [0.3, 0.4) is 0 Å². The van der Waals surface area contributed by atoms with Crippen LogP contribution in [0.25, 0.3) is 0 Å². The van der Waals surface area contributed by atoms with E-state index in [1.165, 1.54) is 0 Å². The van der Waals surface area contributed by atoms with E-state index in [2.05, 4.69) is 0 Å². The first kappa shape index (κ1) is 18.8. The molecule has 0 spiro atoms. The first-order valence-corrected chi connectivity index (χ1v) is 8.88. The molecule has 0 amide bonds. The van der Waals surface area contributed by atoms with Crippen LogP contribution in [-0.2, 0) is 21.2 Å². The summed E-state index contributed by atoms with van der Waals surface area (Å²) in [5.41, 5.74) is 0.792. The monoisotopic (exact) mass is 365 g/mol. The van der Waals surface area contributed by atoms with Crippen molar-refractivity contribution < 1.29 is 27.1 Å². The fraction of sp³-hybridized carbons (Fsp3) is 0.176. The molecule has 2 aromatic rings. The highest BCUT2D eigenvalue weighted by molar-refractivity contribution is 7.89. The van der Waals surface area contributed by atoms with Crippen molar-refractivity contribution in [3.05, 3.63) is 65.0 Å². The quantitative estimate of drug-likeness (QED) is 0.623. The molecule has 8 heteroatoms. The van der Waals surface area contributed by atoms with Crippen molar-refractivity contribution in [2.24, 2.45) is 5.14 Å². The highest BCUT2D eigenvalue weighted by atomic mass is 32.2. The number of carbonyl (C=O) groups is 2. The predicted octanol–water partition coefficient (Wildman–Crippen LogP) is 2.08. The normalized spacial score (nSPS) is 11.2. The van der Waals surface area contributed by atoms with Crippen LogP contribution in [0.2, 0.25) is 0 Å². The van der Waals surface area contributed by atoms with E-state index in [0.29, 0.717) is 5.56 Å². The van der Waals surface area contributed by atoms with E-state index in [9.17, 15) is 22.4 Å². The second-order valence-electron chi connectivity index (χ2n) is 5.24. The van der Waals surface area contributed by atoms with Gasteiger partial charge >= 0.3 is 5.97 Å². The molecule has 0 heterocycles. The number of primary sulfonamides is 1. The lowest BCUT2D eigenvalue weighted by Crippen LogP contribution is -2.17. The number of halogens is 1. The van der Waals surface area contributed by atoms with Crippen LogP contribution in [0.5, 0.6) is 0 Å². The zero-order chi connectivity index (χ0) is 18.6. The molecule has 0 radical (unpaired) electrons. The van der Waals surface area contributed by atoms with Crippen LogP contribution in [0.1, 0.15) is 33.2 Å². The Balaban J connectivity index is 2.10. The molecule has 2 rings (SSSR count). The minimum absolute atomic E-state index is 0.351. The number of hydrogen-bond acceptors (Lipinski definition) is 5. The number of hydrogen-bond donors (Lipinski definition) is 1. The number of ether oxygens (including phenoxy) is 1. The summed E-state index contributed by atoms with van der Waals surface area (Å²) >= 11 is 0. The van der Waals surface area contributed by atoms with Gasteiger partial charge in [-0.3, -0.25) is 4.79 Å². The maximum atomic E-state index is 13.7. The zero-order valence-electron chi connectivity index (χ0n) is 13.4. The Morgan fingerprint density at radius 3 is 2.32 bits per heavy atom. The molecule has 0 atom stereocenters. The second kappa shape index (κ2) is 7.54. The minimum Gasteiger partial charge on any atom is -0.454 e. The van der Waals surface area contributed by atoms with E-state index < -0.39 is 44.7 Å². The number of ketones is 1. The smallest absolute Gasteiger partial charge is 0.341 e. The van der Waals surface area contributed by atoms with E-state index in [1.54, 1.807) is 24.3 Å². The van der Waals surface area contributed by atoms with E-state index in [4.69, 9.17) is 9.88 Å². The number of aryl methyl sites for hydroxylation is 1. The van der Waals surface area contributed by atoms with Gasteiger partial charge in [-0.05, 0) is 30.2 Å². The SMILES string of the molecule is CCc1ccc(C(=O)COC(=O)c2cc(S(N)(=O)=O)ccc2F)cc1. The summed E-state index contributed by atoms with van der Waals surface area (Å²) in [5, 5.41) is 4.94. The summed E-state index contributed by atoms with van der Waals surface area (Å²) in [6, 6.07) is 9.28. The van der Waals surface area contributed by atoms with E-state index in [1.807, 2.05) is 6.92 Å². The van der Waals surface area contributed by atoms with Crippen LogP contribution < -0.4 is 5.14 Å². The molecule has 0 aliphatic heterocycles. The Morgan fingerprint density at radius 1 is 1.12 bits per heavy atom. The van der Waals surface area contributed by atoms with E-state index >= 15 is 0 Å². The Morgan fingerprint density at radius 2 is 1.76 bits per heavy atom. The number of nitrogens with two attached hydrogens (primary N) is 1. The van der Waals surface area contributed by atoms with Gasteiger partial charge in [-0.15, -0.1) is 0 Å². The van der Waals surface area contributed by atoms with Crippen molar-refractivity contribution in [2.75, 3.05) is 6.61 Å². The summed E-state index contributed by atoms with van der Waals surface area (Å²) in [6.07, 6.45) is 0.823. The molecule has 0 aromatic heterocycles. The number of Topliss-reactive ketones (excluding diaryl/α,β-unsaturated/α-hetero) is 1. The lowest BCUT2D eigenvalue weighted by atomic mass is 10.1. The first-order chi connectivity index (χ1) is 11.7. The molecular formula is C17H16FNO5S. The lowest BCUT2D eigenvalue weighted by molar-refractivity contribution is 0.0470. The molecule has 2 aromatic carbocycles. The van der Waals surface area contributed by atoms with Crippen molar-refractivity contribution in [1.82, 2.24) is 0 Å². The van der Waals surface area contributed by atoms with Gasteiger partial charge in [-0.1, -0.05) is 31.2 Å². The largest absolute Gasteiger partial charge is 0.454 e. The first-order valence-electron chi connectivity index (χ1n) is 7.34. The van der Waals surface area contributed by atoms with Crippen molar-refractivity contribution in [3.63, 3.8) is 0 Å². The number of benzene rings is 2. The molecule has 0 bridgehead atoms. The predicted molar refractivity (Wildman–Crippen MR) is 88.2 cm³/mol. The van der Waals surface area contributed by atoms with Gasteiger partial charge in [0.1, 0.15) is 5.82 Å². The average Bonchev–Trinajstić information content (AvgIpc) is 2.58. The van der Waals surface area contributed by atoms with Gasteiger partial charge in [-0.2, -0.15) is 0 Å². The zero-order valence-corrected chi connectivity index (χ0v) is 14.2. The molecular weight excluding hydrogens is 349 g/mol. The minimum atomic E-state index is -4.10. The third-order valence-corrected chi connectivity index (χ3v) is 4.42. The molecule has 132 valence electrons. The summed E-state index contributed by atoms with van der Waals surface area (Å²) in [4.78, 5) is 23.5. The lowest BCUT2D eigenvalue weighted by Gasteiger charge is -2.07. The third-order valence-electron chi connectivity index (χ3n) is 3.50. The molecule has 0 fully saturated rings. The van der Waals surface area contributed by atoms with Gasteiger partial charge in [0.25, 0.3) is 0 Å². The molecule has 0 unspecified atom stereocenters. The summed E-state index contributed by atoms with van der Waals surface area (Å²) < 4.78 is 41.0. The van der Waals surface area contributed by atoms with Gasteiger partial charge < -0.3 is 4.74 Å². The molecule has 6 nitrogen and oxygen atoms in total. The van der Waals surface area contributed by atoms with Gasteiger partial charge in [-0.25, -0.2) is 22.7 Å². The number of esters is 1. The van der Waals surface area contributed by atoms with Crippen LogP contribution in [0.4, 0.5) is 4.39 Å². The topological polar surface area (TPSA) is 104 Å². The van der Waals surface area contributed by atoms with Crippen LogP contribution in [0, 0.1) is 5.82 Å². The molecule has 2 N–H and O–H groups in total. The highest BCUT2D eigenvalue weighted by Gasteiger charge is 2.19. The van der Waals surface area contributed by atoms with E-state index in [0.717, 1.165) is 30.2 Å². The highest BCUT2D eigenvalue weighted by Crippen LogP contribution is 2.15. The fourth-order valence-corrected chi connectivity index (χ4v) is 2.60. The van der Waals surface area contributed by atoms with Gasteiger partial charge in [0, 0.05) is 5.56 Å².